The van der Waals surface area contributed by atoms with Gasteiger partial charge in [0.1, 0.15) is 17.1 Å². The molecule has 1 aliphatic rings. The first-order valence-electron chi connectivity index (χ1n) is 11.2. The van der Waals surface area contributed by atoms with Crippen LogP contribution in [0.15, 0.2) is 30.3 Å². The Morgan fingerprint density at radius 3 is 2.28 bits per heavy atom. The summed E-state index contributed by atoms with van der Waals surface area (Å²) < 4.78 is 82.0. The molecule has 1 aliphatic carbocycles. The van der Waals surface area contributed by atoms with Gasteiger partial charge in [-0.1, -0.05) is 26.0 Å². The number of hydrogen-bond acceptors (Lipinski definition) is 2. The van der Waals surface area contributed by atoms with Crippen molar-refractivity contribution in [2.75, 3.05) is 13.2 Å². The first-order valence-corrected chi connectivity index (χ1v) is 11.2. The summed E-state index contributed by atoms with van der Waals surface area (Å²) in [5, 5.41) is 0. The lowest BCUT2D eigenvalue weighted by atomic mass is 9.79. The molecule has 176 valence electrons. The highest BCUT2D eigenvalue weighted by atomic mass is 19.3. The van der Waals surface area contributed by atoms with Gasteiger partial charge in [-0.15, -0.1) is 0 Å². The molecule has 0 bridgehead atoms. The summed E-state index contributed by atoms with van der Waals surface area (Å²) >= 11 is 0. The van der Waals surface area contributed by atoms with Crippen LogP contribution in [-0.2, 0) is 17.3 Å². The van der Waals surface area contributed by atoms with Crippen molar-refractivity contribution in [2.45, 2.75) is 64.4 Å². The summed E-state index contributed by atoms with van der Waals surface area (Å²) in [4.78, 5) is 0. The standard InChI is InChI=1S/C25H29F5O2/c1-3-13-31-15-16-5-7-18(8-6-16)20-11-10-19(14-22(20)26)32-25(29,30)21-12-9-17(4-2)23(27)24(21)28/h9-12,14,16,18H,3-8,13,15H2,1-2H3. The average Bonchev–Trinajstić information content (AvgIpc) is 2.76. The van der Waals surface area contributed by atoms with Crippen molar-refractivity contribution < 1.29 is 31.4 Å². The van der Waals surface area contributed by atoms with Crippen LogP contribution < -0.4 is 4.74 Å². The summed E-state index contributed by atoms with van der Waals surface area (Å²) in [6.45, 7) is 5.09. The van der Waals surface area contributed by atoms with Gasteiger partial charge in [-0.2, -0.15) is 8.78 Å². The molecule has 1 fully saturated rings. The highest BCUT2D eigenvalue weighted by molar-refractivity contribution is 5.34. The minimum Gasteiger partial charge on any atom is -0.429 e. The fourth-order valence-electron chi connectivity index (χ4n) is 4.23. The molecule has 0 saturated heterocycles. The first kappa shape index (κ1) is 24.5. The Morgan fingerprint density at radius 1 is 0.938 bits per heavy atom. The molecule has 2 aromatic carbocycles. The van der Waals surface area contributed by atoms with Gasteiger partial charge in [0.05, 0.1) is 0 Å². The molecule has 0 radical (unpaired) electrons. The Kier molecular flexibility index (Phi) is 8.15. The monoisotopic (exact) mass is 456 g/mol. The third kappa shape index (κ3) is 5.61. The van der Waals surface area contributed by atoms with Crippen LogP contribution in [0.3, 0.4) is 0 Å². The second kappa shape index (κ2) is 10.6. The van der Waals surface area contributed by atoms with Crippen LogP contribution in [0.25, 0.3) is 0 Å². The van der Waals surface area contributed by atoms with E-state index >= 15 is 0 Å². The molecule has 0 aliphatic heterocycles. The van der Waals surface area contributed by atoms with Crippen LogP contribution in [0.2, 0.25) is 0 Å². The Hall–Kier alpha value is -2.15. The van der Waals surface area contributed by atoms with Gasteiger partial charge < -0.3 is 9.47 Å². The summed E-state index contributed by atoms with van der Waals surface area (Å²) in [5.74, 6) is -3.62. The second-order valence-electron chi connectivity index (χ2n) is 8.35. The Labute approximate surface area is 185 Å². The normalized spacial score (nSPS) is 19.2. The number of alkyl halides is 2. The number of halogens is 5. The molecule has 3 rings (SSSR count). The van der Waals surface area contributed by atoms with Gasteiger partial charge in [0, 0.05) is 19.3 Å². The fraction of sp³-hybridized carbons (Fsp3) is 0.520. The van der Waals surface area contributed by atoms with Crippen LogP contribution in [0.1, 0.15) is 68.6 Å². The van der Waals surface area contributed by atoms with Crippen molar-refractivity contribution in [2.24, 2.45) is 5.92 Å². The van der Waals surface area contributed by atoms with Gasteiger partial charge in [-0.05, 0) is 73.6 Å². The van der Waals surface area contributed by atoms with Gasteiger partial charge in [0.15, 0.2) is 11.6 Å². The van der Waals surface area contributed by atoms with E-state index in [2.05, 4.69) is 11.7 Å². The molecule has 0 heterocycles. The summed E-state index contributed by atoms with van der Waals surface area (Å²) in [6, 6.07) is 5.46. The van der Waals surface area contributed by atoms with E-state index in [0.717, 1.165) is 56.9 Å². The molecule has 0 unspecified atom stereocenters. The number of rotatable bonds is 9. The summed E-state index contributed by atoms with van der Waals surface area (Å²) in [5.41, 5.74) is -0.775. The van der Waals surface area contributed by atoms with E-state index in [-0.39, 0.29) is 17.9 Å². The zero-order chi connectivity index (χ0) is 23.3. The highest BCUT2D eigenvalue weighted by Crippen LogP contribution is 2.39. The largest absolute Gasteiger partial charge is 0.429 e. The SMILES string of the molecule is CCCOCC1CCC(c2ccc(OC(F)(F)c3ccc(CC)c(F)c3F)cc2F)CC1. The number of ether oxygens (including phenoxy) is 2. The second-order valence-corrected chi connectivity index (χ2v) is 8.35. The maximum absolute atomic E-state index is 14.7. The summed E-state index contributed by atoms with van der Waals surface area (Å²) in [7, 11) is 0. The van der Waals surface area contributed by atoms with E-state index in [0.29, 0.717) is 18.1 Å². The lowest BCUT2D eigenvalue weighted by molar-refractivity contribution is -0.187. The van der Waals surface area contributed by atoms with Crippen LogP contribution >= 0.6 is 0 Å². The van der Waals surface area contributed by atoms with Crippen molar-refractivity contribution in [3.8, 4) is 5.75 Å². The van der Waals surface area contributed by atoms with Crippen LogP contribution in [0.5, 0.6) is 5.75 Å². The minimum atomic E-state index is -4.15. The molecule has 0 N–H and O–H groups in total. The van der Waals surface area contributed by atoms with E-state index in [1.54, 1.807) is 6.92 Å². The van der Waals surface area contributed by atoms with E-state index in [1.807, 2.05) is 0 Å². The molecule has 32 heavy (non-hydrogen) atoms. The molecular weight excluding hydrogens is 427 g/mol. The molecule has 0 amide bonds. The predicted molar refractivity (Wildman–Crippen MR) is 112 cm³/mol. The Bertz CT molecular complexity index is 907. The maximum Gasteiger partial charge on any atom is 0.429 e. The van der Waals surface area contributed by atoms with E-state index in [1.165, 1.54) is 12.1 Å². The van der Waals surface area contributed by atoms with Crippen molar-refractivity contribution in [1.82, 2.24) is 0 Å². The zero-order valence-corrected chi connectivity index (χ0v) is 18.4. The van der Waals surface area contributed by atoms with Crippen molar-refractivity contribution in [3.63, 3.8) is 0 Å². The topological polar surface area (TPSA) is 18.5 Å². The highest BCUT2D eigenvalue weighted by Gasteiger charge is 2.39. The lowest BCUT2D eigenvalue weighted by Crippen LogP contribution is -2.24. The third-order valence-electron chi connectivity index (χ3n) is 6.06. The van der Waals surface area contributed by atoms with Gasteiger partial charge in [0.25, 0.3) is 0 Å². The van der Waals surface area contributed by atoms with Crippen LogP contribution in [0.4, 0.5) is 22.0 Å². The Balaban J connectivity index is 1.67. The molecule has 2 nitrogen and oxygen atoms in total. The van der Waals surface area contributed by atoms with Gasteiger partial charge in [0.2, 0.25) is 0 Å². The van der Waals surface area contributed by atoms with Crippen LogP contribution in [0, 0.1) is 23.4 Å². The number of aryl methyl sites for hydroxylation is 1. The maximum atomic E-state index is 14.7. The molecule has 0 atom stereocenters. The van der Waals surface area contributed by atoms with Gasteiger partial charge >= 0.3 is 6.11 Å². The number of hydrogen-bond donors (Lipinski definition) is 0. The first-order chi connectivity index (χ1) is 15.3. The fourth-order valence-corrected chi connectivity index (χ4v) is 4.23. The molecule has 0 aromatic heterocycles. The smallest absolute Gasteiger partial charge is 0.429 e. The summed E-state index contributed by atoms with van der Waals surface area (Å²) in [6.07, 6.45) is 0.409. The van der Waals surface area contributed by atoms with E-state index in [9.17, 15) is 22.0 Å². The third-order valence-corrected chi connectivity index (χ3v) is 6.06. The van der Waals surface area contributed by atoms with Gasteiger partial charge in [-0.3, -0.25) is 0 Å². The predicted octanol–water partition coefficient (Wildman–Crippen LogP) is 7.50. The molecule has 0 spiro atoms. The van der Waals surface area contributed by atoms with Crippen molar-refractivity contribution in [1.29, 1.82) is 0 Å². The average molecular weight is 456 g/mol. The lowest BCUT2D eigenvalue weighted by Gasteiger charge is -2.29. The van der Waals surface area contributed by atoms with E-state index < -0.39 is 34.9 Å². The molecular formula is C25H29F5O2. The molecule has 1 saturated carbocycles. The van der Waals surface area contributed by atoms with Gasteiger partial charge in [-0.25, -0.2) is 13.2 Å². The Morgan fingerprint density at radius 2 is 1.66 bits per heavy atom. The molecule has 7 heteroatoms. The number of benzene rings is 2. The quantitative estimate of drug-likeness (QED) is 0.287. The minimum absolute atomic E-state index is 0.000105. The van der Waals surface area contributed by atoms with Crippen molar-refractivity contribution in [3.05, 3.63) is 64.5 Å². The molecule has 2 aromatic rings. The van der Waals surface area contributed by atoms with Crippen molar-refractivity contribution >= 4 is 0 Å². The van der Waals surface area contributed by atoms with Crippen LogP contribution in [-0.4, -0.2) is 13.2 Å². The van der Waals surface area contributed by atoms with E-state index in [4.69, 9.17) is 4.74 Å². The zero-order valence-electron chi connectivity index (χ0n) is 18.4.